The summed E-state index contributed by atoms with van der Waals surface area (Å²) in [5, 5.41) is 12.8. The molecule has 3 rings (SSSR count). The van der Waals surface area contributed by atoms with Crippen LogP contribution in [-0.4, -0.2) is 35.1 Å². The molecule has 0 amide bonds. The van der Waals surface area contributed by atoms with Gasteiger partial charge >= 0.3 is 0 Å². The number of nitrogens with one attached hydrogen (secondary N) is 1. The highest BCUT2D eigenvalue weighted by atomic mass is 35.5. The van der Waals surface area contributed by atoms with Crippen LogP contribution in [-0.2, 0) is 0 Å². The average Bonchev–Trinajstić information content (AvgIpc) is 3.11. The minimum atomic E-state index is 0.294. The Balaban J connectivity index is 1.60. The summed E-state index contributed by atoms with van der Waals surface area (Å²) in [6.45, 7) is 2.25. The van der Waals surface area contributed by atoms with E-state index in [9.17, 15) is 0 Å². The molecule has 2 aliphatic rings. The van der Waals surface area contributed by atoms with Gasteiger partial charge in [0.25, 0.3) is 0 Å². The first kappa shape index (κ1) is 13.7. The normalized spacial score (nSPS) is 23.9. The van der Waals surface area contributed by atoms with Crippen LogP contribution < -0.4 is 5.32 Å². The van der Waals surface area contributed by atoms with Gasteiger partial charge < -0.3 is 5.32 Å². The smallest absolute Gasteiger partial charge is 0.161 e. The Morgan fingerprint density at radius 1 is 1.30 bits per heavy atom. The third-order valence-electron chi connectivity index (χ3n) is 4.36. The molecule has 2 fully saturated rings. The molecule has 0 spiro atoms. The Morgan fingerprint density at radius 2 is 2.10 bits per heavy atom. The van der Waals surface area contributed by atoms with E-state index in [0.717, 1.165) is 24.8 Å². The number of rotatable bonds is 3. The van der Waals surface area contributed by atoms with Crippen molar-refractivity contribution in [3.8, 4) is 6.07 Å². The fourth-order valence-electron chi connectivity index (χ4n) is 3.32. The molecule has 1 saturated carbocycles. The zero-order valence-electron chi connectivity index (χ0n) is 11.5. The van der Waals surface area contributed by atoms with E-state index in [1.165, 1.54) is 32.2 Å². The summed E-state index contributed by atoms with van der Waals surface area (Å²) in [5.41, 5.74) is 0.294. The van der Waals surface area contributed by atoms with Crippen molar-refractivity contribution in [2.24, 2.45) is 0 Å². The quantitative estimate of drug-likeness (QED) is 0.930. The fraction of sp³-hybridized carbons (Fsp3) is 0.600. The number of nitrogens with zero attached hydrogens (tertiary/aromatic N) is 3. The molecule has 1 unspecified atom stereocenters. The molecular formula is C15H19ClN4. The first-order chi connectivity index (χ1) is 9.76. The van der Waals surface area contributed by atoms with Crippen molar-refractivity contribution in [2.75, 3.05) is 18.4 Å². The second-order valence-corrected chi connectivity index (χ2v) is 6.11. The van der Waals surface area contributed by atoms with E-state index in [2.05, 4.69) is 15.2 Å². The summed E-state index contributed by atoms with van der Waals surface area (Å²) in [6, 6.07) is 6.82. The molecule has 1 atom stereocenters. The summed E-state index contributed by atoms with van der Waals surface area (Å²) < 4.78 is 0. The van der Waals surface area contributed by atoms with Crippen LogP contribution in [0.2, 0.25) is 5.02 Å². The van der Waals surface area contributed by atoms with Crippen molar-refractivity contribution in [2.45, 2.75) is 44.2 Å². The first-order valence-electron chi connectivity index (χ1n) is 7.33. The summed E-state index contributed by atoms with van der Waals surface area (Å²) in [4.78, 5) is 6.86. The zero-order valence-corrected chi connectivity index (χ0v) is 12.2. The van der Waals surface area contributed by atoms with Crippen LogP contribution in [0.15, 0.2) is 12.1 Å². The van der Waals surface area contributed by atoms with E-state index < -0.39 is 0 Å². The van der Waals surface area contributed by atoms with Crippen LogP contribution in [0.1, 0.15) is 37.8 Å². The molecule has 2 heterocycles. The first-order valence-corrected chi connectivity index (χ1v) is 7.71. The molecule has 4 nitrogen and oxygen atoms in total. The highest BCUT2D eigenvalue weighted by Gasteiger charge is 2.29. The summed E-state index contributed by atoms with van der Waals surface area (Å²) in [7, 11) is 0. The van der Waals surface area contributed by atoms with Gasteiger partial charge in [-0.1, -0.05) is 24.4 Å². The number of hydrogen-bond donors (Lipinski definition) is 1. The van der Waals surface area contributed by atoms with Crippen LogP contribution >= 0.6 is 11.6 Å². The molecule has 1 N–H and O–H groups in total. The van der Waals surface area contributed by atoms with Crippen molar-refractivity contribution < 1.29 is 0 Å². The SMILES string of the molecule is N#Cc1nc(NC2CCN(C3CCCC3)C2)ccc1Cl. The van der Waals surface area contributed by atoms with Crippen LogP contribution in [0, 0.1) is 11.3 Å². The largest absolute Gasteiger partial charge is 0.366 e. The molecule has 106 valence electrons. The molecule has 20 heavy (non-hydrogen) atoms. The maximum Gasteiger partial charge on any atom is 0.161 e. The number of nitriles is 1. The van der Waals surface area contributed by atoms with E-state index in [4.69, 9.17) is 16.9 Å². The summed E-state index contributed by atoms with van der Waals surface area (Å²) >= 11 is 5.90. The maximum absolute atomic E-state index is 8.96. The van der Waals surface area contributed by atoms with Crippen LogP contribution in [0.25, 0.3) is 0 Å². The van der Waals surface area contributed by atoms with Crippen LogP contribution in [0.3, 0.4) is 0 Å². The second-order valence-electron chi connectivity index (χ2n) is 5.70. The van der Waals surface area contributed by atoms with Gasteiger partial charge in [0.05, 0.1) is 5.02 Å². The number of halogens is 1. The van der Waals surface area contributed by atoms with Gasteiger partial charge in [-0.05, 0) is 31.4 Å². The lowest BCUT2D eigenvalue weighted by Gasteiger charge is -2.23. The molecule has 1 aliphatic heterocycles. The monoisotopic (exact) mass is 290 g/mol. The van der Waals surface area contributed by atoms with Gasteiger partial charge in [0, 0.05) is 25.2 Å². The molecule has 1 aromatic rings. The lowest BCUT2D eigenvalue weighted by atomic mass is 10.2. The molecule has 5 heteroatoms. The van der Waals surface area contributed by atoms with Gasteiger partial charge in [-0.3, -0.25) is 4.90 Å². The zero-order chi connectivity index (χ0) is 13.9. The Bertz CT molecular complexity index is 519. The van der Waals surface area contributed by atoms with E-state index in [1.54, 1.807) is 6.07 Å². The van der Waals surface area contributed by atoms with E-state index in [-0.39, 0.29) is 0 Å². The Kier molecular flexibility index (Phi) is 4.09. The average molecular weight is 291 g/mol. The number of hydrogen-bond acceptors (Lipinski definition) is 4. The molecule has 1 saturated heterocycles. The lowest BCUT2D eigenvalue weighted by Crippen LogP contribution is -2.33. The van der Waals surface area contributed by atoms with E-state index in [1.807, 2.05) is 12.1 Å². The van der Waals surface area contributed by atoms with Gasteiger partial charge in [0.2, 0.25) is 0 Å². The standard InChI is InChI=1S/C15H19ClN4/c16-13-5-6-15(19-14(13)9-17)18-11-7-8-20(10-11)12-3-1-2-4-12/h5-6,11-12H,1-4,7-8,10H2,(H,18,19). The summed E-state index contributed by atoms with van der Waals surface area (Å²) in [5.74, 6) is 0.754. The molecule has 1 aliphatic carbocycles. The minimum Gasteiger partial charge on any atom is -0.366 e. The van der Waals surface area contributed by atoms with Crippen molar-refractivity contribution in [3.05, 3.63) is 22.8 Å². The summed E-state index contributed by atoms with van der Waals surface area (Å²) in [6.07, 6.45) is 6.60. The van der Waals surface area contributed by atoms with Crippen LogP contribution in [0.4, 0.5) is 5.82 Å². The van der Waals surface area contributed by atoms with E-state index >= 15 is 0 Å². The second kappa shape index (κ2) is 5.99. The molecule has 0 bridgehead atoms. The van der Waals surface area contributed by atoms with Crippen LogP contribution in [0.5, 0.6) is 0 Å². The molecule has 0 radical (unpaired) electrons. The molecule has 0 aromatic carbocycles. The van der Waals surface area contributed by atoms with Gasteiger partial charge in [0.1, 0.15) is 11.9 Å². The number of anilines is 1. The Labute approximate surface area is 124 Å². The Morgan fingerprint density at radius 3 is 2.85 bits per heavy atom. The third-order valence-corrected chi connectivity index (χ3v) is 4.67. The maximum atomic E-state index is 8.96. The van der Waals surface area contributed by atoms with Gasteiger partial charge in [-0.25, -0.2) is 4.98 Å². The van der Waals surface area contributed by atoms with E-state index in [0.29, 0.717) is 16.8 Å². The fourth-order valence-corrected chi connectivity index (χ4v) is 3.46. The van der Waals surface area contributed by atoms with Crippen molar-refractivity contribution in [3.63, 3.8) is 0 Å². The van der Waals surface area contributed by atoms with Gasteiger partial charge in [0.15, 0.2) is 5.69 Å². The lowest BCUT2D eigenvalue weighted by molar-refractivity contribution is 0.245. The topological polar surface area (TPSA) is 52.0 Å². The minimum absolute atomic E-state index is 0.294. The van der Waals surface area contributed by atoms with Crippen molar-refractivity contribution >= 4 is 17.4 Å². The Hall–Kier alpha value is -1.31. The highest BCUT2D eigenvalue weighted by Crippen LogP contribution is 2.27. The number of aromatic nitrogens is 1. The highest BCUT2D eigenvalue weighted by molar-refractivity contribution is 6.31. The molecule has 1 aromatic heterocycles. The predicted octanol–water partition coefficient (Wildman–Crippen LogP) is 3.04. The molecular weight excluding hydrogens is 272 g/mol. The third kappa shape index (κ3) is 2.89. The number of likely N-dealkylation sites (tertiary alicyclic amines) is 1. The van der Waals surface area contributed by atoms with Crippen molar-refractivity contribution in [1.29, 1.82) is 5.26 Å². The van der Waals surface area contributed by atoms with Crippen molar-refractivity contribution in [1.82, 2.24) is 9.88 Å². The van der Waals surface area contributed by atoms with Gasteiger partial charge in [-0.2, -0.15) is 5.26 Å². The number of pyridine rings is 1. The predicted molar refractivity (Wildman–Crippen MR) is 79.8 cm³/mol. The van der Waals surface area contributed by atoms with Gasteiger partial charge in [-0.15, -0.1) is 0 Å².